The standard InChI is InChI=1S/C17H19NO3S2/c1-3-22-12-23-16-10-8-15(9-11-16)21-14-6-4-13(5-7-14)18-17(19)20-2/h4-11H,3,12H2,1-2H3,(H,18,19). The van der Waals surface area contributed by atoms with Crippen molar-refractivity contribution in [2.45, 2.75) is 11.8 Å². The SMILES string of the molecule is CCSCSc1ccc(Oc2ccc(NC(=O)OC)cc2)cc1. The number of anilines is 1. The van der Waals surface area contributed by atoms with E-state index < -0.39 is 6.09 Å². The van der Waals surface area contributed by atoms with Crippen molar-refractivity contribution in [3.8, 4) is 11.5 Å². The molecule has 23 heavy (non-hydrogen) atoms. The predicted octanol–water partition coefficient (Wildman–Crippen LogP) is 5.46. The van der Waals surface area contributed by atoms with Gasteiger partial charge >= 0.3 is 6.09 Å². The first kappa shape index (κ1) is 17.6. The summed E-state index contributed by atoms with van der Waals surface area (Å²) in [6.45, 7) is 2.16. The van der Waals surface area contributed by atoms with Gasteiger partial charge in [0.2, 0.25) is 0 Å². The lowest BCUT2D eigenvalue weighted by molar-refractivity contribution is 0.187. The molecular weight excluding hydrogens is 330 g/mol. The summed E-state index contributed by atoms with van der Waals surface area (Å²) in [6, 6.07) is 15.2. The average Bonchev–Trinajstić information content (AvgIpc) is 2.58. The minimum absolute atomic E-state index is 0.493. The van der Waals surface area contributed by atoms with Crippen molar-refractivity contribution in [2.24, 2.45) is 0 Å². The second-order valence-electron chi connectivity index (χ2n) is 4.47. The van der Waals surface area contributed by atoms with E-state index in [1.54, 1.807) is 24.3 Å². The lowest BCUT2D eigenvalue weighted by atomic mass is 10.3. The third-order valence-electron chi connectivity index (χ3n) is 2.86. The Labute approximate surface area is 144 Å². The summed E-state index contributed by atoms with van der Waals surface area (Å²) in [5.74, 6) is 2.63. The Balaban J connectivity index is 1.90. The molecule has 0 heterocycles. The molecule has 0 unspecified atom stereocenters. The lowest BCUT2D eigenvalue weighted by Gasteiger charge is -2.08. The van der Waals surface area contributed by atoms with Crippen molar-refractivity contribution in [1.82, 2.24) is 0 Å². The van der Waals surface area contributed by atoms with Gasteiger partial charge < -0.3 is 9.47 Å². The van der Waals surface area contributed by atoms with Crippen molar-refractivity contribution >= 4 is 35.3 Å². The zero-order valence-electron chi connectivity index (χ0n) is 13.1. The fourth-order valence-electron chi connectivity index (χ4n) is 1.71. The van der Waals surface area contributed by atoms with Gasteiger partial charge in [-0.25, -0.2) is 4.79 Å². The minimum Gasteiger partial charge on any atom is -0.457 e. The lowest BCUT2D eigenvalue weighted by Crippen LogP contribution is -2.10. The number of thioether (sulfide) groups is 2. The van der Waals surface area contributed by atoms with Gasteiger partial charge in [0.1, 0.15) is 11.5 Å². The Morgan fingerprint density at radius 3 is 2.22 bits per heavy atom. The van der Waals surface area contributed by atoms with Gasteiger partial charge in [0.25, 0.3) is 0 Å². The fourth-order valence-corrected chi connectivity index (χ4v) is 3.58. The Hall–Kier alpha value is -1.79. The van der Waals surface area contributed by atoms with E-state index in [2.05, 4.69) is 29.1 Å². The van der Waals surface area contributed by atoms with Crippen molar-refractivity contribution in [3.63, 3.8) is 0 Å². The molecule has 0 aliphatic rings. The summed E-state index contributed by atoms with van der Waals surface area (Å²) in [6.07, 6.45) is -0.493. The molecule has 1 amide bonds. The Bertz CT molecular complexity index is 615. The molecule has 0 saturated carbocycles. The van der Waals surface area contributed by atoms with E-state index in [0.29, 0.717) is 11.4 Å². The maximum atomic E-state index is 11.1. The first-order valence-corrected chi connectivity index (χ1v) is 9.29. The highest BCUT2D eigenvalue weighted by atomic mass is 32.2. The minimum atomic E-state index is -0.493. The second-order valence-corrected chi connectivity index (χ2v) is 7.16. The normalized spacial score (nSPS) is 10.2. The Morgan fingerprint density at radius 1 is 1.04 bits per heavy atom. The number of benzene rings is 2. The first-order chi connectivity index (χ1) is 11.2. The van der Waals surface area contributed by atoms with E-state index in [1.165, 1.54) is 12.0 Å². The quantitative estimate of drug-likeness (QED) is 0.408. The molecule has 4 nitrogen and oxygen atoms in total. The third-order valence-corrected chi connectivity index (χ3v) is 5.01. The van der Waals surface area contributed by atoms with Crippen LogP contribution in [0, 0.1) is 0 Å². The number of rotatable bonds is 7. The molecule has 0 fully saturated rings. The summed E-state index contributed by atoms with van der Waals surface area (Å²) >= 11 is 3.73. The molecule has 122 valence electrons. The molecule has 2 aromatic rings. The smallest absolute Gasteiger partial charge is 0.411 e. The van der Waals surface area contributed by atoms with Gasteiger partial charge in [0, 0.05) is 15.7 Å². The van der Waals surface area contributed by atoms with Crippen LogP contribution >= 0.6 is 23.5 Å². The number of ether oxygens (including phenoxy) is 2. The number of hydrogen-bond donors (Lipinski definition) is 1. The number of amides is 1. The van der Waals surface area contributed by atoms with Crippen LogP contribution in [-0.2, 0) is 4.74 Å². The van der Waals surface area contributed by atoms with Crippen molar-refractivity contribution in [2.75, 3.05) is 23.3 Å². The maximum Gasteiger partial charge on any atom is 0.411 e. The van der Waals surface area contributed by atoms with Crippen molar-refractivity contribution in [1.29, 1.82) is 0 Å². The van der Waals surface area contributed by atoms with E-state index in [0.717, 1.165) is 16.6 Å². The highest BCUT2D eigenvalue weighted by Crippen LogP contribution is 2.27. The van der Waals surface area contributed by atoms with Crippen LogP contribution in [0.3, 0.4) is 0 Å². The first-order valence-electron chi connectivity index (χ1n) is 7.14. The molecule has 2 aromatic carbocycles. The largest absolute Gasteiger partial charge is 0.457 e. The monoisotopic (exact) mass is 349 g/mol. The molecule has 0 radical (unpaired) electrons. The molecule has 0 aromatic heterocycles. The molecule has 0 atom stereocenters. The molecule has 0 saturated heterocycles. The van der Waals surface area contributed by atoms with E-state index in [1.807, 2.05) is 35.7 Å². The zero-order valence-corrected chi connectivity index (χ0v) is 14.7. The van der Waals surface area contributed by atoms with Gasteiger partial charge in [0.05, 0.1) is 7.11 Å². The maximum absolute atomic E-state index is 11.1. The van der Waals surface area contributed by atoms with Gasteiger partial charge in [-0.1, -0.05) is 6.92 Å². The number of methoxy groups -OCH3 is 1. The molecule has 0 spiro atoms. The van der Waals surface area contributed by atoms with Gasteiger partial charge in [0.15, 0.2) is 0 Å². The van der Waals surface area contributed by atoms with Crippen LogP contribution in [0.25, 0.3) is 0 Å². The van der Waals surface area contributed by atoms with Crippen LogP contribution in [0.1, 0.15) is 6.92 Å². The number of hydrogen-bond acceptors (Lipinski definition) is 5. The molecule has 0 aliphatic carbocycles. The van der Waals surface area contributed by atoms with Gasteiger partial charge in [-0.05, 0) is 54.3 Å². The van der Waals surface area contributed by atoms with Gasteiger partial charge in [-0.15, -0.1) is 11.8 Å². The second kappa shape index (κ2) is 9.37. The van der Waals surface area contributed by atoms with E-state index in [-0.39, 0.29) is 0 Å². The summed E-state index contributed by atoms with van der Waals surface area (Å²) < 4.78 is 10.3. The summed E-state index contributed by atoms with van der Waals surface area (Å²) in [7, 11) is 1.33. The van der Waals surface area contributed by atoms with Crippen molar-refractivity contribution < 1.29 is 14.3 Å². The fraction of sp³-hybridized carbons (Fsp3) is 0.235. The van der Waals surface area contributed by atoms with Gasteiger partial charge in [-0.2, -0.15) is 11.8 Å². The molecule has 2 rings (SSSR count). The Morgan fingerprint density at radius 2 is 1.65 bits per heavy atom. The highest BCUT2D eigenvalue weighted by Gasteiger charge is 2.02. The van der Waals surface area contributed by atoms with Crippen LogP contribution in [0.4, 0.5) is 10.5 Å². The third kappa shape index (κ3) is 6.08. The van der Waals surface area contributed by atoms with Crippen LogP contribution in [0.2, 0.25) is 0 Å². The van der Waals surface area contributed by atoms with Crippen LogP contribution in [0.5, 0.6) is 11.5 Å². The van der Waals surface area contributed by atoms with Crippen LogP contribution < -0.4 is 10.1 Å². The topological polar surface area (TPSA) is 47.6 Å². The van der Waals surface area contributed by atoms with Crippen LogP contribution in [-0.4, -0.2) is 24.0 Å². The summed E-state index contributed by atoms with van der Waals surface area (Å²) in [5, 5.41) is 3.65. The van der Waals surface area contributed by atoms with Gasteiger partial charge in [-0.3, -0.25) is 5.32 Å². The molecule has 6 heteroatoms. The Kier molecular flexibility index (Phi) is 7.16. The number of nitrogens with one attached hydrogen (secondary N) is 1. The van der Waals surface area contributed by atoms with E-state index in [4.69, 9.17) is 4.74 Å². The molecule has 0 bridgehead atoms. The van der Waals surface area contributed by atoms with Crippen molar-refractivity contribution in [3.05, 3.63) is 48.5 Å². The average molecular weight is 349 g/mol. The molecule has 0 aliphatic heterocycles. The number of carbonyl (C=O) groups is 1. The van der Waals surface area contributed by atoms with Crippen LogP contribution in [0.15, 0.2) is 53.4 Å². The molecular formula is C17H19NO3S2. The molecule has 1 N–H and O–H groups in total. The summed E-state index contributed by atoms with van der Waals surface area (Å²) in [5.41, 5.74) is 0.657. The zero-order chi connectivity index (χ0) is 16.5. The highest BCUT2D eigenvalue weighted by molar-refractivity contribution is 8.16. The number of carbonyl (C=O) groups excluding carboxylic acids is 1. The summed E-state index contributed by atoms with van der Waals surface area (Å²) in [4.78, 5) is 12.3. The van der Waals surface area contributed by atoms with E-state index in [9.17, 15) is 4.79 Å². The van der Waals surface area contributed by atoms with E-state index >= 15 is 0 Å². The predicted molar refractivity (Wildman–Crippen MR) is 97.8 cm³/mol.